The molecule has 1 aromatic heterocycles. The van der Waals surface area contributed by atoms with Gasteiger partial charge in [-0.15, -0.1) is 0 Å². The summed E-state index contributed by atoms with van der Waals surface area (Å²) in [6.45, 7) is 4.30. The van der Waals surface area contributed by atoms with E-state index in [-0.39, 0.29) is 0 Å². The van der Waals surface area contributed by atoms with Crippen LogP contribution >= 0.6 is 11.6 Å². The standard InChI is InChI=1S/C17H19ClN3/c1-12-6-4-8-19-21-11-15(13(2)10-16(12)21)14-7-5-9-20(3)17(14)18/h5,7-11H,4,6H2,1-3H3/q+1. The van der Waals surface area contributed by atoms with Crippen molar-refractivity contribution in [1.82, 2.24) is 5.01 Å². The number of rotatable bonds is 1. The van der Waals surface area contributed by atoms with Crippen molar-refractivity contribution in [2.24, 2.45) is 12.1 Å². The zero-order valence-corrected chi connectivity index (χ0v) is 13.4. The van der Waals surface area contributed by atoms with Crippen LogP contribution in [0.5, 0.6) is 0 Å². The predicted molar refractivity (Wildman–Crippen MR) is 86.6 cm³/mol. The summed E-state index contributed by atoms with van der Waals surface area (Å²) in [7, 11) is 1.95. The zero-order chi connectivity index (χ0) is 15.0. The molecule has 0 saturated heterocycles. The molecule has 0 saturated carbocycles. The first kappa shape index (κ1) is 14.1. The Morgan fingerprint density at radius 1 is 1.33 bits per heavy atom. The molecule has 0 unspecified atom stereocenters. The molecular formula is C17H19ClN3+. The fourth-order valence-electron chi connectivity index (χ4n) is 2.69. The number of hydrogen-bond acceptors (Lipinski definition) is 2. The van der Waals surface area contributed by atoms with Crippen LogP contribution in [0, 0.1) is 0 Å². The van der Waals surface area contributed by atoms with Crippen molar-refractivity contribution in [2.45, 2.75) is 26.7 Å². The Morgan fingerprint density at radius 2 is 2.14 bits per heavy atom. The number of fused-ring (bicyclic) bond motifs is 1. The van der Waals surface area contributed by atoms with E-state index in [0.717, 1.165) is 29.1 Å². The molecule has 0 radical (unpaired) electrons. The monoisotopic (exact) mass is 300 g/mol. The molecule has 0 aliphatic carbocycles. The highest BCUT2D eigenvalue weighted by molar-refractivity contribution is 6.30. The van der Waals surface area contributed by atoms with Crippen LogP contribution in [-0.2, 0) is 7.05 Å². The summed E-state index contributed by atoms with van der Waals surface area (Å²) in [6, 6.07) is 4.06. The SMILES string of the molecule is CC1=CC2=C(C)CCC=NN2C=C1c1ccc[n+](C)c1Cl. The number of aromatic nitrogens is 1. The number of allylic oxidation sites excluding steroid dienone is 4. The minimum atomic E-state index is 0.736. The van der Waals surface area contributed by atoms with E-state index in [9.17, 15) is 0 Å². The van der Waals surface area contributed by atoms with Crippen molar-refractivity contribution < 1.29 is 4.57 Å². The van der Waals surface area contributed by atoms with E-state index in [0.29, 0.717) is 0 Å². The lowest BCUT2D eigenvalue weighted by Gasteiger charge is -2.24. The molecule has 4 heteroatoms. The second-order valence-corrected chi connectivity index (χ2v) is 5.90. The van der Waals surface area contributed by atoms with Gasteiger partial charge in [0.25, 0.3) is 5.15 Å². The van der Waals surface area contributed by atoms with Crippen molar-refractivity contribution in [3.63, 3.8) is 0 Å². The minimum Gasteiger partial charge on any atom is -0.241 e. The number of pyridine rings is 1. The van der Waals surface area contributed by atoms with Crippen LogP contribution in [0.25, 0.3) is 5.57 Å². The van der Waals surface area contributed by atoms with Crippen LogP contribution in [0.15, 0.2) is 52.6 Å². The van der Waals surface area contributed by atoms with Gasteiger partial charge in [0.15, 0.2) is 6.20 Å². The first-order valence-corrected chi connectivity index (χ1v) is 7.52. The maximum atomic E-state index is 6.45. The van der Waals surface area contributed by atoms with Crippen LogP contribution in [-0.4, -0.2) is 11.2 Å². The summed E-state index contributed by atoms with van der Waals surface area (Å²) in [6.07, 6.45) is 10.3. The summed E-state index contributed by atoms with van der Waals surface area (Å²) in [5.74, 6) is 0. The molecule has 108 valence electrons. The highest BCUT2D eigenvalue weighted by atomic mass is 35.5. The lowest BCUT2D eigenvalue weighted by molar-refractivity contribution is -0.669. The molecule has 3 rings (SSSR count). The van der Waals surface area contributed by atoms with Crippen molar-refractivity contribution in [2.75, 3.05) is 0 Å². The minimum absolute atomic E-state index is 0.736. The van der Waals surface area contributed by atoms with Gasteiger partial charge >= 0.3 is 0 Å². The van der Waals surface area contributed by atoms with Crippen LogP contribution < -0.4 is 4.57 Å². The molecule has 1 aromatic rings. The summed E-state index contributed by atoms with van der Waals surface area (Å²) in [5.41, 5.74) is 5.91. The number of nitrogens with zero attached hydrogens (tertiary/aromatic N) is 3. The molecule has 0 N–H and O–H groups in total. The average molecular weight is 301 g/mol. The number of aryl methyl sites for hydroxylation is 1. The lowest BCUT2D eigenvalue weighted by atomic mass is 9.96. The Balaban J connectivity index is 2.13. The van der Waals surface area contributed by atoms with Gasteiger partial charge in [-0.25, -0.2) is 5.01 Å². The van der Waals surface area contributed by atoms with Gasteiger partial charge in [0, 0.05) is 24.1 Å². The smallest absolute Gasteiger partial charge is 0.241 e. The summed E-state index contributed by atoms with van der Waals surface area (Å²) < 4.78 is 1.92. The fourth-order valence-corrected chi connectivity index (χ4v) is 2.91. The third kappa shape index (κ3) is 2.54. The molecule has 0 atom stereocenters. The Labute approximate surface area is 130 Å². The van der Waals surface area contributed by atoms with Gasteiger partial charge in [-0.05, 0) is 61.6 Å². The molecule has 0 spiro atoms. The molecule has 21 heavy (non-hydrogen) atoms. The largest absolute Gasteiger partial charge is 0.282 e. The molecule has 0 aromatic carbocycles. The maximum absolute atomic E-state index is 6.45. The van der Waals surface area contributed by atoms with Gasteiger partial charge in [0.05, 0.1) is 11.3 Å². The number of hydrogen-bond donors (Lipinski definition) is 0. The van der Waals surface area contributed by atoms with Crippen molar-refractivity contribution in [3.8, 4) is 0 Å². The Kier molecular flexibility index (Phi) is 3.68. The van der Waals surface area contributed by atoms with Crippen LogP contribution in [0.4, 0.5) is 0 Å². The van der Waals surface area contributed by atoms with Crippen LogP contribution in [0.1, 0.15) is 32.3 Å². The van der Waals surface area contributed by atoms with Gasteiger partial charge in [-0.1, -0.05) is 0 Å². The van der Waals surface area contributed by atoms with Gasteiger partial charge in [0.1, 0.15) is 7.05 Å². The van der Waals surface area contributed by atoms with E-state index in [4.69, 9.17) is 11.6 Å². The van der Waals surface area contributed by atoms with Gasteiger partial charge in [-0.2, -0.15) is 9.67 Å². The second-order valence-electron chi connectivity index (χ2n) is 5.54. The topological polar surface area (TPSA) is 19.5 Å². The molecule has 0 bridgehead atoms. The summed E-state index contributed by atoms with van der Waals surface area (Å²) in [5, 5.41) is 7.24. The predicted octanol–water partition coefficient (Wildman–Crippen LogP) is 3.82. The fraction of sp³-hybridized carbons (Fsp3) is 0.294. The summed E-state index contributed by atoms with van der Waals surface area (Å²) >= 11 is 6.45. The average Bonchev–Trinajstić information content (AvgIpc) is 2.64. The van der Waals surface area contributed by atoms with E-state index in [1.165, 1.54) is 16.8 Å². The zero-order valence-electron chi connectivity index (χ0n) is 12.6. The van der Waals surface area contributed by atoms with E-state index < -0.39 is 0 Å². The molecule has 3 heterocycles. The number of hydrazone groups is 1. The Bertz CT molecular complexity index is 711. The molecule has 2 aliphatic heterocycles. The maximum Gasteiger partial charge on any atom is 0.282 e. The van der Waals surface area contributed by atoms with E-state index in [1.54, 1.807) is 0 Å². The van der Waals surface area contributed by atoms with Crippen molar-refractivity contribution in [1.29, 1.82) is 0 Å². The van der Waals surface area contributed by atoms with E-state index >= 15 is 0 Å². The van der Waals surface area contributed by atoms with Crippen molar-refractivity contribution >= 4 is 23.4 Å². The molecule has 0 amide bonds. The second kappa shape index (κ2) is 5.49. The molecule has 2 aliphatic rings. The normalized spacial score (nSPS) is 18.2. The highest BCUT2D eigenvalue weighted by Gasteiger charge is 2.22. The van der Waals surface area contributed by atoms with Gasteiger partial charge in [0.2, 0.25) is 0 Å². The third-order valence-electron chi connectivity index (χ3n) is 3.96. The van der Waals surface area contributed by atoms with Crippen LogP contribution in [0.3, 0.4) is 0 Å². The first-order valence-electron chi connectivity index (χ1n) is 7.14. The summed E-state index contributed by atoms with van der Waals surface area (Å²) in [4.78, 5) is 0. The third-order valence-corrected chi connectivity index (χ3v) is 4.43. The lowest BCUT2D eigenvalue weighted by Crippen LogP contribution is -2.30. The molecule has 3 nitrogen and oxygen atoms in total. The van der Waals surface area contributed by atoms with Crippen molar-refractivity contribution in [3.05, 3.63) is 58.2 Å². The van der Waals surface area contributed by atoms with Crippen LogP contribution in [0.2, 0.25) is 5.15 Å². The molecular weight excluding hydrogens is 282 g/mol. The van der Waals surface area contributed by atoms with E-state index in [1.807, 2.05) is 35.1 Å². The van der Waals surface area contributed by atoms with Gasteiger partial charge in [-0.3, -0.25) is 0 Å². The quantitative estimate of drug-likeness (QED) is 0.570. The van der Waals surface area contributed by atoms with E-state index in [2.05, 4.69) is 37.3 Å². The molecule has 0 fully saturated rings. The Morgan fingerprint density at radius 3 is 2.95 bits per heavy atom. The van der Waals surface area contributed by atoms with Gasteiger partial charge < -0.3 is 0 Å². The highest BCUT2D eigenvalue weighted by Crippen LogP contribution is 2.35. The first-order chi connectivity index (χ1) is 10.1. The number of halogens is 1. The Hall–Kier alpha value is -1.87.